The van der Waals surface area contributed by atoms with Gasteiger partial charge >= 0.3 is 0 Å². The Morgan fingerprint density at radius 2 is 1.68 bits per heavy atom. The molecule has 16 atom stereocenters. The van der Waals surface area contributed by atoms with Crippen molar-refractivity contribution in [1.82, 2.24) is 10.6 Å². The van der Waals surface area contributed by atoms with E-state index in [0.717, 1.165) is 0 Å². The van der Waals surface area contributed by atoms with Crippen molar-refractivity contribution in [2.45, 2.75) is 111 Å². The third-order valence-electron chi connectivity index (χ3n) is 8.56. The zero-order chi connectivity index (χ0) is 32.9. The third kappa shape index (κ3) is 8.47. The molecule has 0 aromatic carbocycles. The highest BCUT2D eigenvalue weighted by Crippen LogP contribution is 2.36. The molecule has 1 aliphatic carbocycles. The van der Waals surface area contributed by atoms with E-state index in [9.17, 15) is 45.6 Å². The number of aliphatic hydroxyl groups is 9. The molecule has 1 saturated carbocycles. The predicted molar refractivity (Wildman–Crippen MR) is 148 cm³/mol. The standard InChI is InChI=1S/C26H50N4O14/c1-26(40)9-41-24(20(39)23(26)29-2)43-21-10(6-12(32)15(34)13(33)7-27)5-11(28)22(19(21)38)44-25-18(37)17(36)16(35)14(42-25)8-30-3-4-31/h10-11,13-25,29-31,33-40H,3-9,27-28H2,1-2H3/t10-,11-,13?,14+,15?,16+,17-,18+,19+,20+,21-,22?,23+,24+,25+,26-/m0/s1. The van der Waals surface area contributed by atoms with Crippen LogP contribution in [-0.4, -0.2) is 183 Å². The Kier molecular flexibility index (Phi) is 13.8. The van der Waals surface area contributed by atoms with E-state index in [-0.39, 0.29) is 39.3 Å². The molecule has 0 radical (unpaired) electrons. The van der Waals surface area contributed by atoms with Crippen LogP contribution < -0.4 is 22.1 Å². The summed E-state index contributed by atoms with van der Waals surface area (Å²) in [6.45, 7) is 0.746. The number of aliphatic hydroxyl groups excluding tert-OH is 8. The molecule has 0 amide bonds. The Morgan fingerprint density at radius 3 is 2.30 bits per heavy atom. The third-order valence-corrected chi connectivity index (χ3v) is 8.56. The summed E-state index contributed by atoms with van der Waals surface area (Å²) in [5, 5.41) is 99.2. The number of ether oxygens (including phenoxy) is 4. The normalized spacial score (nSPS) is 44.7. The molecule has 3 fully saturated rings. The van der Waals surface area contributed by atoms with E-state index in [1.165, 1.54) is 14.0 Å². The van der Waals surface area contributed by atoms with Gasteiger partial charge in [-0.2, -0.15) is 0 Å². The highest BCUT2D eigenvalue weighted by atomic mass is 16.7. The van der Waals surface area contributed by atoms with E-state index in [4.69, 9.17) is 35.5 Å². The summed E-state index contributed by atoms with van der Waals surface area (Å²) in [5.74, 6) is -1.71. The van der Waals surface area contributed by atoms with Gasteiger partial charge in [0.2, 0.25) is 0 Å². The van der Waals surface area contributed by atoms with Gasteiger partial charge in [0.05, 0.1) is 31.5 Å². The lowest BCUT2D eigenvalue weighted by molar-refractivity contribution is -0.333. The molecule has 0 aromatic rings. The summed E-state index contributed by atoms with van der Waals surface area (Å²) < 4.78 is 23.2. The van der Waals surface area contributed by atoms with Gasteiger partial charge in [0.25, 0.3) is 0 Å². The quantitative estimate of drug-likeness (QED) is 0.0782. The van der Waals surface area contributed by atoms with Crippen LogP contribution in [0.15, 0.2) is 0 Å². The van der Waals surface area contributed by atoms with Crippen molar-refractivity contribution in [2.75, 3.05) is 39.9 Å². The van der Waals surface area contributed by atoms with Gasteiger partial charge in [-0.25, -0.2) is 0 Å². The first-order valence-electron chi connectivity index (χ1n) is 14.7. The van der Waals surface area contributed by atoms with Gasteiger partial charge in [0.1, 0.15) is 54.4 Å². The van der Waals surface area contributed by atoms with Crippen LogP contribution in [0, 0.1) is 5.92 Å². The number of hydrogen-bond acceptors (Lipinski definition) is 18. The number of carbonyl (C=O) groups excluding carboxylic acids is 1. The summed E-state index contributed by atoms with van der Waals surface area (Å²) in [6, 6.07) is -1.93. The van der Waals surface area contributed by atoms with Crippen molar-refractivity contribution >= 4 is 5.78 Å². The zero-order valence-electron chi connectivity index (χ0n) is 24.8. The van der Waals surface area contributed by atoms with Crippen LogP contribution in [0.3, 0.4) is 0 Å². The zero-order valence-corrected chi connectivity index (χ0v) is 24.8. The Labute approximate surface area is 254 Å². The molecular weight excluding hydrogens is 592 g/mol. The highest BCUT2D eigenvalue weighted by molar-refractivity contribution is 5.83. The molecule has 2 heterocycles. The molecule has 3 rings (SSSR count). The molecule has 2 saturated heterocycles. The fourth-order valence-electron chi connectivity index (χ4n) is 6.03. The van der Waals surface area contributed by atoms with E-state index < -0.39 is 109 Å². The second-order valence-corrected chi connectivity index (χ2v) is 12.0. The lowest BCUT2D eigenvalue weighted by Gasteiger charge is -2.49. The monoisotopic (exact) mass is 642 g/mol. The molecule has 44 heavy (non-hydrogen) atoms. The molecule has 0 bridgehead atoms. The number of nitrogens with two attached hydrogens (primary N) is 2. The van der Waals surface area contributed by atoms with Crippen LogP contribution in [0.1, 0.15) is 19.8 Å². The molecule has 258 valence electrons. The van der Waals surface area contributed by atoms with Gasteiger partial charge in [-0.1, -0.05) is 0 Å². The van der Waals surface area contributed by atoms with Crippen molar-refractivity contribution in [3.63, 3.8) is 0 Å². The Balaban J connectivity index is 1.84. The number of nitrogens with one attached hydrogen (secondary N) is 2. The van der Waals surface area contributed by atoms with Gasteiger partial charge in [-0.05, 0) is 26.3 Å². The topological polar surface area (TPSA) is 312 Å². The maximum Gasteiger partial charge on any atom is 0.187 e. The van der Waals surface area contributed by atoms with Crippen LogP contribution in [0.4, 0.5) is 0 Å². The average molecular weight is 643 g/mol. The van der Waals surface area contributed by atoms with Crippen LogP contribution in [-0.2, 0) is 23.7 Å². The molecule has 2 aliphatic heterocycles. The summed E-state index contributed by atoms with van der Waals surface area (Å²) in [5.41, 5.74) is 10.2. The van der Waals surface area contributed by atoms with Gasteiger partial charge < -0.3 is 87.0 Å². The number of ketones is 1. The number of carbonyl (C=O) groups is 1. The van der Waals surface area contributed by atoms with E-state index >= 15 is 0 Å². The first kappa shape index (κ1) is 37.4. The molecule has 18 heteroatoms. The smallest absolute Gasteiger partial charge is 0.187 e. The predicted octanol–water partition coefficient (Wildman–Crippen LogP) is -7.45. The Hall–Kier alpha value is -1.01. The second-order valence-electron chi connectivity index (χ2n) is 12.0. The van der Waals surface area contributed by atoms with Crippen molar-refractivity contribution in [2.24, 2.45) is 17.4 Å². The lowest BCUT2D eigenvalue weighted by Crippen LogP contribution is -2.67. The Morgan fingerprint density at radius 1 is 1.02 bits per heavy atom. The summed E-state index contributed by atoms with van der Waals surface area (Å²) in [6.07, 6.45) is -18.7. The SMILES string of the molecule is CN[C@@H]1[C@@H](O)[C@@H](O[C@H]2[C@H](CC(=O)C(O)C(O)CN)C[C@H](N)C(O[C@H]3O[C@H](CNCCO)[C@@H](O)[C@H](O)[C@H]3O)[C@@H]2O)OC[C@]1(C)O. The number of hydrogen-bond donors (Lipinski definition) is 13. The van der Waals surface area contributed by atoms with Crippen molar-refractivity contribution in [3.05, 3.63) is 0 Å². The van der Waals surface area contributed by atoms with E-state index in [0.29, 0.717) is 0 Å². The summed E-state index contributed by atoms with van der Waals surface area (Å²) in [4.78, 5) is 12.8. The highest BCUT2D eigenvalue weighted by Gasteiger charge is 2.53. The van der Waals surface area contributed by atoms with E-state index in [1.54, 1.807) is 0 Å². The number of rotatable bonds is 14. The van der Waals surface area contributed by atoms with Crippen LogP contribution in [0.2, 0.25) is 0 Å². The minimum atomic E-state index is -1.82. The largest absolute Gasteiger partial charge is 0.395 e. The fourth-order valence-corrected chi connectivity index (χ4v) is 6.03. The first-order valence-corrected chi connectivity index (χ1v) is 14.7. The van der Waals surface area contributed by atoms with E-state index in [2.05, 4.69) is 10.6 Å². The summed E-state index contributed by atoms with van der Waals surface area (Å²) >= 11 is 0. The van der Waals surface area contributed by atoms with Gasteiger partial charge in [0.15, 0.2) is 18.4 Å². The molecule has 3 aliphatic rings. The molecule has 0 aromatic heterocycles. The molecule has 15 N–H and O–H groups in total. The van der Waals surface area contributed by atoms with Crippen molar-refractivity contribution in [1.29, 1.82) is 0 Å². The second kappa shape index (κ2) is 16.2. The van der Waals surface area contributed by atoms with Crippen molar-refractivity contribution in [3.8, 4) is 0 Å². The minimum Gasteiger partial charge on any atom is -0.395 e. The van der Waals surface area contributed by atoms with Gasteiger partial charge in [-0.15, -0.1) is 0 Å². The fraction of sp³-hybridized carbons (Fsp3) is 0.962. The minimum absolute atomic E-state index is 0.0230. The van der Waals surface area contributed by atoms with Gasteiger partial charge in [0, 0.05) is 32.1 Å². The molecule has 3 unspecified atom stereocenters. The lowest BCUT2D eigenvalue weighted by atomic mass is 9.76. The number of Topliss-reactive ketones (excluding diaryl/α,β-unsaturated/α-hetero) is 1. The van der Waals surface area contributed by atoms with Crippen LogP contribution >= 0.6 is 0 Å². The van der Waals surface area contributed by atoms with Crippen molar-refractivity contribution < 1.29 is 69.7 Å². The molecule has 18 nitrogen and oxygen atoms in total. The Bertz CT molecular complexity index is 907. The number of likely N-dealkylation sites (N-methyl/N-ethyl adjacent to an activating group) is 1. The molecule has 0 spiro atoms. The first-order chi connectivity index (χ1) is 20.7. The maximum absolute atomic E-state index is 12.8. The summed E-state index contributed by atoms with van der Waals surface area (Å²) in [7, 11) is 1.52. The van der Waals surface area contributed by atoms with Crippen LogP contribution in [0.25, 0.3) is 0 Å². The molecular formula is C26H50N4O14. The average Bonchev–Trinajstić information content (AvgIpc) is 2.98. The van der Waals surface area contributed by atoms with Gasteiger partial charge in [-0.3, -0.25) is 4.79 Å². The maximum atomic E-state index is 12.8. The van der Waals surface area contributed by atoms with E-state index in [1.807, 2.05) is 0 Å². The van der Waals surface area contributed by atoms with Crippen LogP contribution in [0.5, 0.6) is 0 Å².